The van der Waals surface area contributed by atoms with Crippen LogP contribution in [0.2, 0.25) is 0 Å². The molecule has 31 heavy (non-hydrogen) atoms. The van der Waals surface area contributed by atoms with Crippen molar-refractivity contribution in [2.45, 2.75) is 6.92 Å². The summed E-state index contributed by atoms with van der Waals surface area (Å²) in [4.78, 5) is 0. The van der Waals surface area contributed by atoms with E-state index < -0.39 is 0 Å². The van der Waals surface area contributed by atoms with Gasteiger partial charge < -0.3 is 9.14 Å². The van der Waals surface area contributed by atoms with E-state index in [0.717, 1.165) is 5.75 Å². The molecule has 0 spiro atoms. The Morgan fingerprint density at radius 3 is 2.52 bits per heavy atom. The van der Waals surface area contributed by atoms with Gasteiger partial charge in [-0.3, -0.25) is 0 Å². The molecule has 0 fully saturated rings. The molecule has 0 aliphatic carbocycles. The summed E-state index contributed by atoms with van der Waals surface area (Å²) < 4.78 is 10.5. The molecule has 0 saturated heterocycles. The van der Waals surface area contributed by atoms with E-state index in [1.54, 1.807) is 7.11 Å². The zero-order chi connectivity index (χ0) is 20.9. The van der Waals surface area contributed by atoms with Crippen molar-refractivity contribution in [1.82, 2.24) is 4.40 Å². The lowest BCUT2D eigenvalue weighted by molar-refractivity contribution is -0.643. The van der Waals surface area contributed by atoms with Gasteiger partial charge in [-0.15, -0.1) is 0 Å². The summed E-state index contributed by atoms with van der Waals surface area (Å²) in [6.07, 6.45) is 2.18. The van der Waals surface area contributed by atoms with Crippen molar-refractivity contribution in [1.29, 1.82) is 0 Å². The number of hydrogen-bond donors (Lipinski definition) is 0. The van der Waals surface area contributed by atoms with Crippen LogP contribution in [-0.4, -0.2) is 11.5 Å². The largest absolute Gasteiger partial charge is 0.496 e. The molecule has 3 nitrogen and oxygen atoms in total. The third-order valence-corrected chi connectivity index (χ3v) is 7.00. The maximum Gasteiger partial charge on any atom is 0.224 e. The van der Waals surface area contributed by atoms with Crippen molar-refractivity contribution in [3.63, 3.8) is 0 Å². The maximum atomic E-state index is 5.81. The SMILES string of the molecule is COc1cccc2c1c1ccc3cc[n+](C)c4c5c(C)c6ccccc6cc5n2c1c34. The van der Waals surface area contributed by atoms with E-state index in [9.17, 15) is 0 Å². The predicted octanol–water partition coefficient (Wildman–Crippen LogP) is 6.28. The van der Waals surface area contributed by atoms with Crippen LogP contribution in [0.1, 0.15) is 5.56 Å². The molecule has 0 bridgehead atoms. The highest BCUT2D eigenvalue weighted by Crippen LogP contribution is 2.44. The van der Waals surface area contributed by atoms with Crippen LogP contribution < -0.4 is 9.30 Å². The van der Waals surface area contributed by atoms with E-state index >= 15 is 0 Å². The molecular formula is C28H21N2O+. The first kappa shape index (κ1) is 16.9. The van der Waals surface area contributed by atoms with E-state index in [4.69, 9.17) is 4.74 Å². The molecule has 0 atom stereocenters. The van der Waals surface area contributed by atoms with E-state index in [2.05, 4.69) is 95.9 Å². The Bertz CT molecular complexity index is 1840. The van der Waals surface area contributed by atoms with E-state index in [0.29, 0.717) is 0 Å². The fourth-order valence-electron chi connectivity index (χ4n) is 5.68. The fraction of sp³-hybridized carbons (Fsp3) is 0.107. The zero-order valence-electron chi connectivity index (χ0n) is 17.7. The van der Waals surface area contributed by atoms with Gasteiger partial charge in [-0.2, -0.15) is 0 Å². The number of aryl methyl sites for hydroxylation is 2. The van der Waals surface area contributed by atoms with Gasteiger partial charge >= 0.3 is 0 Å². The Morgan fingerprint density at radius 2 is 1.65 bits per heavy atom. The molecule has 0 radical (unpaired) electrons. The second-order valence-corrected chi connectivity index (χ2v) is 8.51. The van der Waals surface area contributed by atoms with Crippen molar-refractivity contribution in [2.24, 2.45) is 7.05 Å². The molecule has 3 heterocycles. The smallest absolute Gasteiger partial charge is 0.224 e. The lowest BCUT2D eigenvalue weighted by Gasteiger charge is -2.14. The maximum absolute atomic E-state index is 5.81. The minimum Gasteiger partial charge on any atom is -0.496 e. The number of nitrogens with zero attached hydrogens (tertiary/aromatic N) is 2. The second kappa shape index (κ2) is 5.64. The van der Waals surface area contributed by atoms with E-state index in [1.165, 1.54) is 65.3 Å². The van der Waals surface area contributed by atoms with E-state index in [-0.39, 0.29) is 0 Å². The monoisotopic (exact) mass is 401 g/mol. The van der Waals surface area contributed by atoms with Gasteiger partial charge in [-0.25, -0.2) is 4.57 Å². The normalized spacial score (nSPS) is 12.4. The van der Waals surface area contributed by atoms with Gasteiger partial charge in [0.25, 0.3) is 0 Å². The molecule has 148 valence electrons. The standard InChI is InChI=1S/C28H21N2O/c1-16-19-8-5-4-7-18(19)15-22-24(16)28-25-17(13-14-29(28)2)11-12-20-26-21(30(22)27(20)25)9-6-10-23(26)31-3/h4-15H,1-3H3/q+1. The Kier molecular flexibility index (Phi) is 3.07. The first-order chi connectivity index (χ1) is 15.2. The predicted molar refractivity (Wildman–Crippen MR) is 129 cm³/mol. The van der Waals surface area contributed by atoms with Gasteiger partial charge in [0.2, 0.25) is 5.52 Å². The number of pyridine rings is 2. The number of fused-ring (bicyclic) bond motifs is 7. The van der Waals surface area contributed by atoms with Crippen molar-refractivity contribution < 1.29 is 9.30 Å². The zero-order valence-corrected chi connectivity index (χ0v) is 17.7. The molecule has 7 aromatic rings. The summed E-state index contributed by atoms with van der Waals surface area (Å²) in [5, 5.41) is 8.89. The minimum atomic E-state index is 0.920. The molecule has 0 unspecified atom stereocenters. The average molecular weight is 401 g/mol. The first-order valence-corrected chi connectivity index (χ1v) is 10.6. The number of methoxy groups -OCH3 is 1. The van der Waals surface area contributed by atoms with Gasteiger partial charge in [-0.05, 0) is 46.8 Å². The van der Waals surface area contributed by atoms with Gasteiger partial charge in [-0.1, -0.05) is 42.5 Å². The van der Waals surface area contributed by atoms with Crippen LogP contribution in [0.15, 0.2) is 72.9 Å². The minimum absolute atomic E-state index is 0.920. The Morgan fingerprint density at radius 1 is 0.774 bits per heavy atom. The molecular weight excluding hydrogens is 380 g/mol. The topological polar surface area (TPSA) is 17.5 Å². The van der Waals surface area contributed by atoms with Gasteiger partial charge in [0.05, 0.1) is 34.4 Å². The Hall–Kier alpha value is -3.85. The number of aromatic nitrogens is 2. The van der Waals surface area contributed by atoms with Crippen LogP contribution in [0, 0.1) is 6.92 Å². The summed E-state index contributed by atoms with van der Waals surface area (Å²) in [5.74, 6) is 0.920. The van der Waals surface area contributed by atoms with Crippen molar-refractivity contribution in [3.05, 3.63) is 78.5 Å². The van der Waals surface area contributed by atoms with Crippen molar-refractivity contribution in [3.8, 4) is 5.75 Å². The third-order valence-electron chi connectivity index (χ3n) is 7.00. The lowest BCUT2D eigenvalue weighted by Crippen LogP contribution is -2.28. The second-order valence-electron chi connectivity index (χ2n) is 8.51. The van der Waals surface area contributed by atoms with E-state index in [1.807, 2.05) is 0 Å². The molecule has 0 N–H and O–H groups in total. The highest BCUT2D eigenvalue weighted by molar-refractivity contribution is 6.29. The van der Waals surface area contributed by atoms with Crippen LogP contribution in [0.3, 0.4) is 0 Å². The fourth-order valence-corrected chi connectivity index (χ4v) is 5.68. The highest BCUT2D eigenvalue weighted by Gasteiger charge is 2.25. The number of benzene rings is 4. The van der Waals surface area contributed by atoms with Crippen molar-refractivity contribution in [2.75, 3.05) is 7.11 Å². The molecule has 0 saturated carbocycles. The lowest BCUT2D eigenvalue weighted by atomic mass is 9.96. The van der Waals surface area contributed by atoms with Gasteiger partial charge in [0, 0.05) is 16.8 Å². The molecule has 3 heteroatoms. The van der Waals surface area contributed by atoms with Crippen LogP contribution in [-0.2, 0) is 7.05 Å². The Balaban J connectivity index is 1.96. The molecule has 7 rings (SSSR count). The van der Waals surface area contributed by atoms with Crippen LogP contribution >= 0.6 is 0 Å². The van der Waals surface area contributed by atoms with Crippen molar-refractivity contribution >= 4 is 59.8 Å². The first-order valence-electron chi connectivity index (χ1n) is 10.6. The highest BCUT2D eigenvalue weighted by atomic mass is 16.5. The summed E-state index contributed by atoms with van der Waals surface area (Å²) in [6.45, 7) is 2.26. The Labute approximate surface area is 179 Å². The summed E-state index contributed by atoms with van der Waals surface area (Å²) >= 11 is 0. The summed E-state index contributed by atoms with van der Waals surface area (Å²) in [6, 6.07) is 24.1. The van der Waals surface area contributed by atoms with Crippen LogP contribution in [0.25, 0.3) is 59.8 Å². The molecule has 4 aromatic carbocycles. The number of rotatable bonds is 1. The molecule has 3 aromatic heterocycles. The van der Waals surface area contributed by atoms with Gasteiger partial charge in [0.15, 0.2) is 6.20 Å². The summed E-state index contributed by atoms with van der Waals surface area (Å²) in [5.41, 5.74) is 6.31. The van der Waals surface area contributed by atoms with Crippen LogP contribution in [0.4, 0.5) is 0 Å². The molecule has 0 aliphatic rings. The number of ether oxygens (including phenoxy) is 1. The quantitative estimate of drug-likeness (QED) is 0.180. The molecule has 0 amide bonds. The third kappa shape index (κ3) is 1.92. The average Bonchev–Trinajstić information content (AvgIpc) is 3.15. The molecule has 0 aliphatic heterocycles. The number of hydrogen-bond acceptors (Lipinski definition) is 1. The summed E-state index contributed by atoms with van der Waals surface area (Å²) in [7, 11) is 3.92. The van der Waals surface area contributed by atoms with Gasteiger partial charge in [0.1, 0.15) is 12.8 Å². The van der Waals surface area contributed by atoms with Crippen LogP contribution in [0.5, 0.6) is 5.75 Å².